The van der Waals surface area contributed by atoms with Gasteiger partial charge in [0.1, 0.15) is 11.3 Å². The van der Waals surface area contributed by atoms with Crippen molar-refractivity contribution in [3.8, 4) is 0 Å². The summed E-state index contributed by atoms with van der Waals surface area (Å²) in [6, 6.07) is 4.28. The first kappa shape index (κ1) is 14.8. The average molecular weight is 274 g/mol. The highest BCUT2D eigenvalue weighted by Crippen LogP contribution is 2.23. The van der Waals surface area contributed by atoms with Crippen molar-refractivity contribution in [1.82, 2.24) is 9.78 Å². The van der Waals surface area contributed by atoms with Gasteiger partial charge in [-0.25, -0.2) is 9.67 Å². The Balaban J connectivity index is 2.06. The Labute approximate surface area is 121 Å². The highest BCUT2D eigenvalue weighted by molar-refractivity contribution is 5.31. The van der Waals surface area contributed by atoms with Crippen LogP contribution in [0.5, 0.6) is 0 Å². The van der Waals surface area contributed by atoms with Gasteiger partial charge in [-0.1, -0.05) is 25.8 Å². The third kappa shape index (κ3) is 3.95. The maximum Gasteiger partial charge on any atom is 0.149 e. The third-order valence-corrected chi connectivity index (χ3v) is 3.85. The zero-order valence-electron chi connectivity index (χ0n) is 12.7. The summed E-state index contributed by atoms with van der Waals surface area (Å²) >= 11 is 0. The van der Waals surface area contributed by atoms with Crippen LogP contribution in [0, 0.1) is 5.92 Å². The Morgan fingerprint density at radius 2 is 2.15 bits per heavy atom. The highest BCUT2D eigenvalue weighted by atomic mass is 15.3. The van der Waals surface area contributed by atoms with Crippen LogP contribution >= 0.6 is 0 Å². The Kier molecular flexibility index (Phi) is 5.39. The molecule has 0 amide bonds. The van der Waals surface area contributed by atoms with Crippen molar-refractivity contribution in [1.29, 1.82) is 0 Å². The third-order valence-electron chi connectivity index (χ3n) is 3.85. The molecule has 1 aromatic rings. The molecule has 0 aromatic carbocycles. The Morgan fingerprint density at radius 3 is 2.80 bits per heavy atom. The van der Waals surface area contributed by atoms with Crippen LogP contribution in [0.3, 0.4) is 0 Å². The maximum absolute atomic E-state index is 4.64. The SMILES string of the molecule is C=CN=c1ccc(NCC2CCCCC2)nn1C(C)C. The highest BCUT2D eigenvalue weighted by Gasteiger charge is 2.13. The van der Waals surface area contributed by atoms with E-state index in [1.54, 1.807) is 6.20 Å². The van der Waals surface area contributed by atoms with E-state index in [-0.39, 0.29) is 6.04 Å². The van der Waals surface area contributed by atoms with Crippen LogP contribution in [0.2, 0.25) is 0 Å². The molecule has 20 heavy (non-hydrogen) atoms. The van der Waals surface area contributed by atoms with Gasteiger partial charge >= 0.3 is 0 Å². The van der Waals surface area contributed by atoms with Gasteiger partial charge < -0.3 is 5.32 Å². The fourth-order valence-electron chi connectivity index (χ4n) is 2.74. The minimum absolute atomic E-state index is 0.283. The zero-order valence-corrected chi connectivity index (χ0v) is 12.7. The standard InChI is InChI=1S/C16H26N4/c1-4-17-16-11-10-15(19-20(16)13(2)3)18-12-14-8-6-5-7-9-14/h4,10-11,13-14H,1,5-9,12H2,2-3H3,(H,18,19). The van der Waals surface area contributed by atoms with Gasteiger partial charge in [-0.05, 0) is 44.7 Å². The molecule has 4 nitrogen and oxygen atoms in total. The van der Waals surface area contributed by atoms with Crippen LogP contribution in [0.25, 0.3) is 0 Å². The van der Waals surface area contributed by atoms with Crippen molar-refractivity contribution in [2.75, 3.05) is 11.9 Å². The number of aromatic nitrogens is 2. The molecular formula is C16H26N4. The molecule has 0 aliphatic heterocycles. The monoisotopic (exact) mass is 274 g/mol. The quantitative estimate of drug-likeness (QED) is 0.893. The predicted octanol–water partition coefficient (Wildman–Crippen LogP) is 3.50. The summed E-state index contributed by atoms with van der Waals surface area (Å²) in [5.41, 5.74) is 0.846. The number of nitrogens with zero attached hydrogens (tertiary/aromatic N) is 3. The smallest absolute Gasteiger partial charge is 0.149 e. The first-order valence-corrected chi connectivity index (χ1v) is 7.69. The lowest BCUT2D eigenvalue weighted by Gasteiger charge is -2.22. The Morgan fingerprint density at radius 1 is 1.40 bits per heavy atom. The summed E-state index contributed by atoms with van der Waals surface area (Å²) in [6.07, 6.45) is 8.42. The lowest BCUT2D eigenvalue weighted by atomic mass is 9.89. The topological polar surface area (TPSA) is 42.2 Å². The van der Waals surface area contributed by atoms with Gasteiger partial charge in [0.15, 0.2) is 0 Å². The van der Waals surface area contributed by atoms with E-state index < -0.39 is 0 Å². The predicted molar refractivity (Wildman–Crippen MR) is 83.4 cm³/mol. The van der Waals surface area contributed by atoms with E-state index in [2.05, 4.69) is 35.8 Å². The van der Waals surface area contributed by atoms with E-state index in [0.717, 1.165) is 23.8 Å². The molecule has 0 bridgehead atoms. The molecule has 0 unspecified atom stereocenters. The largest absolute Gasteiger partial charge is 0.368 e. The maximum atomic E-state index is 4.64. The Hall–Kier alpha value is -1.58. The fraction of sp³-hybridized carbons (Fsp3) is 0.625. The second-order valence-electron chi connectivity index (χ2n) is 5.81. The molecule has 1 aromatic heterocycles. The zero-order chi connectivity index (χ0) is 14.4. The number of nitrogens with one attached hydrogen (secondary N) is 1. The van der Waals surface area contributed by atoms with Crippen LogP contribution < -0.4 is 10.8 Å². The fourth-order valence-corrected chi connectivity index (χ4v) is 2.74. The normalized spacial score (nSPS) is 17.4. The van der Waals surface area contributed by atoms with Gasteiger partial charge in [0, 0.05) is 18.8 Å². The van der Waals surface area contributed by atoms with E-state index in [1.807, 2.05) is 16.8 Å². The number of hydrogen-bond donors (Lipinski definition) is 1. The number of hydrogen-bond acceptors (Lipinski definition) is 3. The second kappa shape index (κ2) is 7.27. The van der Waals surface area contributed by atoms with Crippen molar-refractivity contribution < 1.29 is 0 Å². The van der Waals surface area contributed by atoms with E-state index in [1.165, 1.54) is 32.1 Å². The molecular weight excluding hydrogens is 248 g/mol. The van der Waals surface area contributed by atoms with Gasteiger partial charge in [-0.3, -0.25) is 0 Å². The molecule has 2 rings (SSSR count). The second-order valence-corrected chi connectivity index (χ2v) is 5.81. The van der Waals surface area contributed by atoms with Crippen molar-refractivity contribution in [2.24, 2.45) is 10.9 Å². The molecule has 1 heterocycles. The molecule has 0 radical (unpaired) electrons. The van der Waals surface area contributed by atoms with Crippen LogP contribution in [-0.2, 0) is 0 Å². The number of rotatable bonds is 5. The minimum Gasteiger partial charge on any atom is -0.368 e. The molecule has 0 saturated heterocycles. The molecule has 1 saturated carbocycles. The minimum atomic E-state index is 0.283. The van der Waals surface area contributed by atoms with Crippen LogP contribution in [0.1, 0.15) is 52.0 Å². The lowest BCUT2D eigenvalue weighted by Crippen LogP contribution is -2.26. The van der Waals surface area contributed by atoms with Gasteiger partial charge in [0.05, 0.1) is 0 Å². The molecule has 1 N–H and O–H groups in total. The van der Waals surface area contributed by atoms with Crippen molar-refractivity contribution in [2.45, 2.75) is 52.0 Å². The molecule has 1 aliphatic carbocycles. The summed E-state index contributed by atoms with van der Waals surface area (Å²) in [4.78, 5) is 4.26. The molecule has 4 heteroatoms. The van der Waals surface area contributed by atoms with Crippen molar-refractivity contribution >= 4 is 5.82 Å². The van der Waals surface area contributed by atoms with Gasteiger partial charge in [0.25, 0.3) is 0 Å². The Bertz CT molecular complexity index is 495. The first-order chi connectivity index (χ1) is 9.70. The summed E-state index contributed by atoms with van der Waals surface area (Å²) in [5, 5.41) is 8.12. The summed E-state index contributed by atoms with van der Waals surface area (Å²) in [6.45, 7) is 8.91. The van der Waals surface area contributed by atoms with Crippen molar-refractivity contribution in [3.05, 3.63) is 30.4 Å². The van der Waals surface area contributed by atoms with E-state index >= 15 is 0 Å². The van der Waals surface area contributed by atoms with Crippen LogP contribution in [0.4, 0.5) is 5.82 Å². The van der Waals surface area contributed by atoms with E-state index in [9.17, 15) is 0 Å². The molecule has 1 aliphatic rings. The van der Waals surface area contributed by atoms with E-state index in [0.29, 0.717) is 0 Å². The van der Waals surface area contributed by atoms with Gasteiger partial charge in [-0.15, -0.1) is 0 Å². The van der Waals surface area contributed by atoms with Crippen LogP contribution in [-0.4, -0.2) is 16.3 Å². The van der Waals surface area contributed by atoms with Gasteiger partial charge in [-0.2, -0.15) is 5.10 Å². The summed E-state index contributed by atoms with van der Waals surface area (Å²) in [5.74, 6) is 1.74. The molecule has 0 atom stereocenters. The summed E-state index contributed by atoms with van der Waals surface area (Å²) in [7, 11) is 0. The molecule has 110 valence electrons. The first-order valence-electron chi connectivity index (χ1n) is 7.69. The molecule has 0 spiro atoms. The molecule has 1 fully saturated rings. The number of anilines is 1. The van der Waals surface area contributed by atoms with Crippen molar-refractivity contribution in [3.63, 3.8) is 0 Å². The van der Waals surface area contributed by atoms with E-state index in [4.69, 9.17) is 0 Å². The van der Waals surface area contributed by atoms with Gasteiger partial charge in [0.2, 0.25) is 0 Å². The summed E-state index contributed by atoms with van der Waals surface area (Å²) < 4.78 is 1.94. The average Bonchev–Trinajstić information content (AvgIpc) is 2.47. The lowest BCUT2D eigenvalue weighted by molar-refractivity contribution is 0.372. The van der Waals surface area contributed by atoms with Crippen LogP contribution in [0.15, 0.2) is 29.9 Å².